The van der Waals surface area contributed by atoms with E-state index in [2.05, 4.69) is 30.3 Å². The average molecular weight is 378 g/mol. The molecule has 2 atom stereocenters. The van der Waals surface area contributed by atoms with Crippen molar-refractivity contribution in [3.05, 3.63) is 76.5 Å². The molecule has 3 fully saturated rings. The molecule has 0 radical (unpaired) electrons. The third kappa shape index (κ3) is 3.09. The van der Waals surface area contributed by atoms with Crippen molar-refractivity contribution in [1.29, 1.82) is 0 Å². The second kappa shape index (κ2) is 6.90. The normalized spacial score (nSPS) is 31.3. The molecule has 0 spiro atoms. The number of benzene rings is 2. The zero-order valence-corrected chi connectivity index (χ0v) is 16.0. The molecule has 5 heteroatoms. The maximum Gasteiger partial charge on any atom is 0.411 e. The Bertz CT molecular complexity index is 861. The Morgan fingerprint density at radius 2 is 1.75 bits per heavy atom. The minimum absolute atomic E-state index is 0.143. The number of hydrogen-bond acceptors (Lipinski definition) is 3. The molecule has 28 heavy (non-hydrogen) atoms. The van der Waals surface area contributed by atoms with Gasteiger partial charge in [-0.1, -0.05) is 54.6 Å². The highest BCUT2D eigenvalue weighted by Crippen LogP contribution is 2.38. The van der Waals surface area contributed by atoms with Crippen LogP contribution in [0, 0.1) is 11.1 Å². The van der Waals surface area contributed by atoms with Crippen LogP contribution in [0.15, 0.2) is 54.6 Å². The Kier molecular flexibility index (Phi) is 4.37. The molecule has 1 amide bonds. The summed E-state index contributed by atoms with van der Waals surface area (Å²) in [6.07, 6.45) is 2.03. The van der Waals surface area contributed by atoms with E-state index in [1.54, 1.807) is 0 Å². The number of ether oxygens (including phenoxy) is 1. The van der Waals surface area contributed by atoms with Crippen LogP contribution in [0.4, 0.5) is 4.79 Å². The van der Waals surface area contributed by atoms with Crippen LogP contribution >= 0.6 is 0 Å². The molecule has 5 nitrogen and oxygen atoms in total. The van der Waals surface area contributed by atoms with E-state index >= 15 is 0 Å². The van der Waals surface area contributed by atoms with E-state index in [1.165, 1.54) is 5.56 Å². The lowest BCUT2D eigenvalue weighted by molar-refractivity contribution is -0.900. The number of quaternary nitrogens is 1. The van der Waals surface area contributed by atoms with E-state index in [1.807, 2.05) is 29.2 Å². The Labute approximate surface area is 165 Å². The molecule has 0 aromatic heterocycles. The molecule has 4 heterocycles. The maximum absolute atomic E-state index is 13.2. The van der Waals surface area contributed by atoms with E-state index in [0.717, 1.165) is 30.4 Å². The number of rotatable bonds is 2. The zero-order valence-electron chi connectivity index (χ0n) is 16.0. The molecule has 4 aliphatic rings. The summed E-state index contributed by atoms with van der Waals surface area (Å²) in [7, 11) is 0. The van der Waals surface area contributed by atoms with Crippen molar-refractivity contribution in [3.8, 4) is 0 Å². The predicted molar refractivity (Wildman–Crippen MR) is 106 cm³/mol. The van der Waals surface area contributed by atoms with Gasteiger partial charge < -0.3 is 14.6 Å². The maximum atomic E-state index is 13.2. The summed E-state index contributed by atoms with van der Waals surface area (Å²) in [6.45, 7) is 2.38. The molecule has 2 aromatic carbocycles. The molecule has 0 saturated carbocycles. The van der Waals surface area contributed by atoms with E-state index in [-0.39, 0.29) is 22.9 Å². The van der Waals surface area contributed by atoms with Gasteiger partial charge in [0.15, 0.2) is 6.10 Å². The van der Waals surface area contributed by atoms with Crippen molar-refractivity contribution in [3.63, 3.8) is 0 Å². The zero-order chi connectivity index (χ0) is 19.1. The van der Waals surface area contributed by atoms with E-state index in [0.29, 0.717) is 32.1 Å². The minimum atomic E-state index is -0.284. The minimum Gasteiger partial charge on any atom is -0.633 e. The van der Waals surface area contributed by atoms with Gasteiger partial charge in [0, 0.05) is 25.3 Å². The van der Waals surface area contributed by atoms with Crippen LogP contribution in [0.5, 0.6) is 0 Å². The lowest BCUT2D eigenvalue weighted by atomic mass is 9.85. The first-order valence-corrected chi connectivity index (χ1v) is 10.3. The van der Waals surface area contributed by atoms with Crippen molar-refractivity contribution in [2.45, 2.75) is 31.4 Å². The summed E-state index contributed by atoms with van der Waals surface area (Å²) in [5.74, 6) is 0.338. The predicted octanol–water partition coefficient (Wildman–Crippen LogP) is 3.88. The van der Waals surface area contributed by atoms with Gasteiger partial charge in [-0.25, -0.2) is 4.79 Å². The number of nitrogens with zero attached hydrogens (tertiary/aromatic N) is 2. The SMILES string of the molecule is O=C(O[C@H]1C[N+]2([O-])CCC1CC2)N1CCc2ccccc2[C@@H]1c1ccccc1. The monoisotopic (exact) mass is 378 g/mol. The highest BCUT2D eigenvalue weighted by Gasteiger charge is 2.44. The molecule has 2 bridgehead atoms. The molecule has 4 aliphatic heterocycles. The second-order valence-corrected chi connectivity index (χ2v) is 8.40. The molecule has 0 unspecified atom stereocenters. The highest BCUT2D eigenvalue weighted by atomic mass is 16.6. The van der Waals surface area contributed by atoms with Gasteiger partial charge in [-0.05, 0) is 23.1 Å². The number of piperidine rings is 3. The van der Waals surface area contributed by atoms with Crippen LogP contribution in [-0.2, 0) is 11.2 Å². The first-order valence-electron chi connectivity index (χ1n) is 10.3. The van der Waals surface area contributed by atoms with Gasteiger partial charge in [0.1, 0.15) is 6.54 Å². The number of hydrogen-bond donors (Lipinski definition) is 0. The fourth-order valence-corrected chi connectivity index (χ4v) is 5.18. The van der Waals surface area contributed by atoms with Gasteiger partial charge in [0.2, 0.25) is 0 Å². The number of amides is 1. The molecular formula is C23H26N2O3. The van der Waals surface area contributed by atoms with E-state index in [4.69, 9.17) is 4.74 Å². The lowest BCUT2D eigenvalue weighted by Gasteiger charge is -2.55. The second-order valence-electron chi connectivity index (χ2n) is 8.40. The molecule has 146 valence electrons. The topological polar surface area (TPSA) is 52.6 Å². The third-order valence-corrected chi connectivity index (χ3v) is 6.74. The summed E-state index contributed by atoms with van der Waals surface area (Å²) in [6, 6.07) is 18.3. The van der Waals surface area contributed by atoms with Gasteiger partial charge in [-0.3, -0.25) is 4.90 Å². The average Bonchev–Trinajstić information content (AvgIpc) is 2.73. The van der Waals surface area contributed by atoms with Crippen molar-refractivity contribution in [2.24, 2.45) is 5.92 Å². The molecule has 0 N–H and O–H groups in total. The summed E-state index contributed by atoms with van der Waals surface area (Å²) in [5, 5.41) is 12.7. The van der Waals surface area contributed by atoms with Crippen molar-refractivity contribution in [1.82, 2.24) is 4.90 Å². The van der Waals surface area contributed by atoms with Crippen LogP contribution in [0.25, 0.3) is 0 Å². The number of carbonyl (C=O) groups excluding carboxylic acids is 1. The van der Waals surface area contributed by atoms with Gasteiger partial charge in [-0.15, -0.1) is 0 Å². The van der Waals surface area contributed by atoms with Gasteiger partial charge in [0.05, 0.1) is 19.1 Å². The van der Waals surface area contributed by atoms with Crippen LogP contribution in [-0.4, -0.2) is 47.9 Å². The molecule has 6 rings (SSSR count). The van der Waals surface area contributed by atoms with Crippen molar-refractivity contribution >= 4 is 6.09 Å². The highest BCUT2D eigenvalue weighted by molar-refractivity contribution is 5.70. The first kappa shape index (κ1) is 17.7. The van der Waals surface area contributed by atoms with E-state index in [9.17, 15) is 10.0 Å². The summed E-state index contributed by atoms with van der Waals surface area (Å²) >= 11 is 0. The molecule has 2 aromatic rings. The summed E-state index contributed by atoms with van der Waals surface area (Å²) < 4.78 is 5.77. The third-order valence-electron chi connectivity index (χ3n) is 6.74. The Morgan fingerprint density at radius 1 is 1.04 bits per heavy atom. The Morgan fingerprint density at radius 3 is 2.50 bits per heavy atom. The molecule has 3 saturated heterocycles. The van der Waals surface area contributed by atoms with Crippen molar-refractivity contribution in [2.75, 3.05) is 26.2 Å². The number of hydroxylamine groups is 3. The van der Waals surface area contributed by atoms with Crippen LogP contribution in [0.3, 0.4) is 0 Å². The fourth-order valence-electron chi connectivity index (χ4n) is 5.18. The van der Waals surface area contributed by atoms with Crippen LogP contribution in [0.2, 0.25) is 0 Å². The number of carbonyl (C=O) groups is 1. The lowest BCUT2D eigenvalue weighted by Crippen LogP contribution is -2.61. The van der Waals surface area contributed by atoms with E-state index < -0.39 is 0 Å². The van der Waals surface area contributed by atoms with Crippen LogP contribution in [0.1, 0.15) is 35.6 Å². The first-order chi connectivity index (χ1) is 13.6. The van der Waals surface area contributed by atoms with Gasteiger partial charge in [0.25, 0.3) is 0 Å². The number of fused-ring (bicyclic) bond motifs is 4. The smallest absolute Gasteiger partial charge is 0.411 e. The molecular weight excluding hydrogens is 352 g/mol. The van der Waals surface area contributed by atoms with Gasteiger partial charge in [-0.2, -0.15) is 0 Å². The Hall–Kier alpha value is -2.37. The van der Waals surface area contributed by atoms with Gasteiger partial charge >= 0.3 is 6.09 Å². The van der Waals surface area contributed by atoms with Crippen molar-refractivity contribution < 1.29 is 14.2 Å². The standard InChI is InChI=1S/C23H26N2O3/c26-23(28-21-16-25(27)14-11-18(21)12-15-25)24-13-10-17-6-4-5-9-20(17)22(24)19-7-2-1-3-8-19/h1-9,18,21-22H,10-16H2/t18?,21-,22-,25?/m0/s1. The quantitative estimate of drug-likeness (QED) is 0.589. The molecule has 0 aliphatic carbocycles. The largest absolute Gasteiger partial charge is 0.633 e. The summed E-state index contributed by atoms with van der Waals surface area (Å²) in [5.41, 5.74) is 3.54. The summed E-state index contributed by atoms with van der Waals surface area (Å²) in [4.78, 5) is 15.1. The Balaban J connectivity index is 1.42. The fraction of sp³-hybridized carbons (Fsp3) is 0.435. The van der Waals surface area contributed by atoms with Crippen LogP contribution < -0.4 is 0 Å².